The van der Waals surface area contributed by atoms with Crippen molar-refractivity contribution in [3.8, 4) is 6.07 Å². The standard InChI is InChI=1S/C12H13N3O/c13-6-1-7-14-10-3-4-11-9(8-10)2-5-12(16)15-11/h3-4,8,14H,1-2,5,7H2,(H,15,16). The summed E-state index contributed by atoms with van der Waals surface area (Å²) in [6.45, 7) is 0.654. The molecule has 1 amide bonds. The number of aryl methyl sites for hydroxylation is 1. The van der Waals surface area contributed by atoms with Crippen molar-refractivity contribution in [2.45, 2.75) is 19.3 Å². The third-order valence-electron chi connectivity index (χ3n) is 2.57. The Bertz CT molecular complexity index is 448. The molecule has 0 atom stereocenters. The molecule has 4 heteroatoms. The predicted molar refractivity (Wildman–Crippen MR) is 62.1 cm³/mol. The van der Waals surface area contributed by atoms with Gasteiger partial charge in [0, 0.05) is 24.3 Å². The van der Waals surface area contributed by atoms with Crippen molar-refractivity contribution in [2.24, 2.45) is 0 Å². The van der Waals surface area contributed by atoms with Gasteiger partial charge in [-0.3, -0.25) is 4.79 Å². The number of nitrogens with zero attached hydrogens (tertiary/aromatic N) is 1. The lowest BCUT2D eigenvalue weighted by Crippen LogP contribution is -2.19. The van der Waals surface area contributed by atoms with Crippen LogP contribution in [0.4, 0.5) is 11.4 Å². The summed E-state index contributed by atoms with van der Waals surface area (Å²) in [4.78, 5) is 11.2. The highest BCUT2D eigenvalue weighted by Crippen LogP contribution is 2.25. The van der Waals surface area contributed by atoms with Crippen LogP contribution in [0.5, 0.6) is 0 Å². The summed E-state index contributed by atoms with van der Waals surface area (Å²) in [5, 5.41) is 14.4. The molecule has 0 bridgehead atoms. The van der Waals surface area contributed by atoms with Crippen LogP contribution in [0.25, 0.3) is 0 Å². The molecule has 1 aromatic carbocycles. The van der Waals surface area contributed by atoms with Crippen molar-refractivity contribution >= 4 is 17.3 Å². The molecular weight excluding hydrogens is 202 g/mol. The molecule has 0 fully saturated rings. The van der Waals surface area contributed by atoms with E-state index in [0.29, 0.717) is 19.4 Å². The number of benzene rings is 1. The molecular formula is C12H13N3O. The Kier molecular flexibility index (Phi) is 3.06. The lowest BCUT2D eigenvalue weighted by Gasteiger charge is -2.17. The monoisotopic (exact) mass is 215 g/mol. The molecule has 2 N–H and O–H groups in total. The molecule has 0 aromatic heterocycles. The fourth-order valence-corrected chi connectivity index (χ4v) is 1.76. The van der Waals surface area contributed by atoms with Gasteiger partial charge in [-0.1, -0.05) is 0 Å². The van der Waals surface area contributed by atoms with E-state index in [0.717, 1.165) is 23.4 Å². The van der Waals surface area contributed by atoms with Gasteiger partial charge in [0.25, 0.3) is 0 Å². The van der Waals surface area contributed by atoms with Crippen molar-refractivity contribution in [2.75, 3.05) is 17.2 Å². The van der Waals surface area contributed by atoms with Crippen molar-refractivity contribution < 1.29 is 4.79 Å². The molecule has 0 spiro atoms. The number of amides is 1. The van der Waals surface area contributed by atoms with Crippen molar-refractivity contribution in [3.05, 3.63) is 23.8 Å². The van der Waals surface area contributed by atoms with E-state index in [4.69, 9.17) is 5.26 Å². The van der Waals surface area contributed by atoms with E-state index in [1.165, 1.54) is 0 Å². The van der Waals surface area contributed by atoms with E-state index in [-0.39, 0.29) is 5.91 Å². The van der Waals surface area contributed by atoms with E-state index < -0.39 is 0 Å². The van der Waals surface area contributed by atoms with Crippen molar-refractivity contribution in [1.82, 2.24) is 0 Å². The topological polar surface area (TPSA) is 64.9 Å². The van der Waals surface area contributed by atoms with Crippen molar-refractivity contribution in [3.63, 3.8) is 0 Å². The van der Waals surface area contributed by atoms with Gasteiger partial charge in [-0.15, -0.1) is 0 Å². The molecule has 0 radical (unpaired) electrons. The third kappa shape index (κ3) is 2.31. The van der Waals surface area contributed by atoms with Gasteiger partial charge in [0.2, 0.25) is 5.91 Å². The quantitative estimate of drug-likeness (QED) is 0.757. The number of carbonyl (C=O) groups excluding carboxylic acids is 1. The maximum absolute atomic E-state index is 11.2. The SMILES string of the molecule is N#CCCNc1ccc2c(c1)CCC(=O)N2. The molecule has 1 aliphatic heterocycles. The molecule has 0 saturated heterocycles. The number of anilines is 2. The Labute approximate surface area is 94.3 Å². The van der Waals surface area contributed by atoms with Gasteiger partial charge in [-0.25, -0.2) is 0 Å². The highest BCUT2D eigenvalue weighted by atomic mass is 16.1. The maximum Gasteiger partial charge on any atom is 0.224 e. The van der Waals surface area contributed by atoms with Crippen LogP contribution in [0, 0.1) is 11.3 Å². The summed E-state index contributed by atoms with van der Waals surface area (Å²) < 4.78 is 0. The molecule has 16 heavy (non-hydrogen) atoms. The number of nitriles is 1. The van der Waals surface area contributed by atoms with E-state index in [1.54, 1.807) is 0 Å². The van der Waals surface area contributed by atoms with Crippen LogP contribution in [0.3, 0.4) is 0 Å². The minimum atomic E-state index is 0.0812. The number of carbonyl (C=O) groups is 1. The van der Waals surface area contributed by atoms with Gasteiger partial charge < -0.3 is 10.6 Å². The van der Waals surface area contributed by atoms with Gasteiger partial charge in [0.05, 0.1) is 12.5 Å². The van der Waals surface area contributed by atoms with E-state index >= 15 is 0 Å². The Morgan fingerprint density at radius 2 is 2.31 bits per heavy atom. The van der Waals surface area contributed by atoms with E-state index in [2.05, 4.69) is 16.7 Å². The van der Waals surface area contributed by atoms with Crippen LogP contribution in [0.2, 0.25) is 0 Å². The zero-order valence-corrected chi connectivity index (χ0v) is 8.92. The molecule has 1 aromatic rings. The molecule has 0 unspecified atom stereocenters. The zero-order chi connectivity index (χ0) is 11.4. The summed E-state index contributed by atoms with van der Waals surface area (Å²) in [5.74, 6) is 0.0812. The average molecular weight is 215 g/mol. The highest BCUT2D eigenvalue weighted by Gasteiger charge is 2.14. The van der Waals surface area contributed by atoms with Gasteiger partial charge in [0.15, 0.2) is 0 Å². The normalized spacial score (nSPS) is 13.6. The number of fused-ring (bicyclic) bond motifs is 1. The van der Waals surface area contributed by atoms with Gasteiger partial charge in [-0.2, -0.15) is 5.26 Å². The minimum absolute atomic E-state index is 0.0812. The zero-order valence-electron chi connectivity index (χ0n) is 8.92. The molecule has 1 aliphatic rings. The first-order chi connectivity index (χ1) is 7.79. The maximum atomic E-state index is 11.2. The molecule has 0 aliphatic carbocycles. The fourth-order valence-electron chi connectivity index (χ4n) is 1.76. The summed E-state index contributed by atoms with van der Waals surface area (Å²) in [5.41, 5.74) is 3.06. The highest BCUT2D eigenvalue weighted by molar-refractivity contribution is 5.94. The fraction of sp³-hybridized carbons (Fsp3) is 0.333. The lowest BCUT2D eigenvalue weighted by molar-refractivity contribution is -0.116. The van der Waals surface area contributed by atoms with E-state index in [9.17, 15) is 4.79 Å². The Balaban J connectivity index is 2.08. The van der Waals surface area contributed by atoms with Gasteiger partial charge >= 0.3 is 0 Å². The number of nitrogens with one attached hydrogen (secondary N) is 2. The Morgan fingerprint density at radius 3 is 3.12 bits per heavy atom. The summed E-state index contributed by atoms with van der Waals surface area (Å²) >= 11 is 0. The Morgan fingerprint density at radius 1 is 1.44 bits per heavy atom. The molecule has 4 nitrogen and oxygen atoms in total. The molecule has 2 rings (SSSR count). The van der Waals surface area contributed by atoms with Crippen LogP contribution in [-0.2, 0) is 11.2 Å². The van der Waals surface area contributed by atoms with Crippen LogP contribution in [-0.4, -0.2) is 12.5 Å². The lowest BCUT2D eigenvalue weighted by atomic mass is 10.0. The minimum Gasteiger partial charge on any atom is -0.384 e. The summed E-state index contributed by atoms with van der Waals surface area (Å²) in [7, 11) is 0. The van der Waals surface area contributed by atoms with Crippen LogP contribution < -0.4 is 10.6 Å². The second-order valence-electron chi connectivity index (χ2n) is 3.75. The number of hydrogen-bond donors (Lipinski definition) is 2. The van der Waals surface area contributed by atoms with Crippen LogP contribution in [0.1, 0.15) is 18.4 Å². The predicted octanol–water partition coefficient (Wildman–Crippen LogP) is 1.90. The molecule has 0 saturated carbocycles. The average Bonchev–Trinajstić information content (AvgIpc) is 2.29. The van der Waals surface area contributed by atoms with Crippen LogP contribution in [0.15, 0.2) is 18.2 Å². The third-order valence-corrected chi connectivity index (χ3v) is 2.57. The molecule has 1 heterocycles. The summed E-state index contributed by atoms with van der Waals surface area (Å²) in [6.07, 6.45) is 1.83. The number of hydrogen-bond acceptors (Lipinski definition) is 3. The van der Waals surface area contributed by atoms with Crippen LogP contribution >= 0.6 is 0 Å². The largest absolute Gasteiger partial charge is 0.384 e. The second kappa shape index (κ2) is 4.67. The number of rotatable bonds is 3. The first kappa shape index (κ1) is 10.5. The molecule has 82 valence electrons. The van der Waals surface area contributed by atoms with E-state index in [1.807, 2.05) is 18.2 Å². The first-order valence-electron chi connectivity index (χ1n) is 5.33. The van der Waals surface area contributed by atoms with Gasteiger partial charge in [0.1, 0.15) is 0 Å². The second-order valence-corrected chi connectivity index (χ2v) is 3.75. The van der Waals surface area contributed by atoms with Gasteiger partial charge in [-0.05, 0) is 30.2 Å². The van der Waals surface area contributed by atoms with Crippen molar-refractivity contribution in [1.29, 1.82) is 5.26 Å². The Hall–Kier alpha value is -2.02. The first-order valence-corrected chi connectivity index (χ1v) is 5.33. The summed E-state index contributed by atoms with van der Waals surface area (Å²) in [6, 6.07) is 7.94. The smallest absolute Gasteiger partial charge is 0.224 e.